The van der Waals surface area contributed by atoms with Gasteiger partial charge in [-0.15, -0.1) is 11.3 Å². The van der Waals surface area contributed by atoms with Crippen molar-refractivity contribution >= 4 is 43.3 Å². The fraction of sp³-hybridized carbons (Fsp3) is 0.333. The van der Waals surface area contributed by atoms with Gasteiger partial charge in [0.1, 0.15) is 4.70 Å². The van der Waals surface area contributed by atoms with Crippen molar-refractivity contribution in [1.82, 2.24) is 15.0 Å². The fourth-order valence-electron chi connectivity index (χ4n) is 3.18. The van der Waals surface area contributed by atoms with Crippen LogP contribution in [0.15, 0.2) is 34.4 Å². The molecule has 1 N–H and O–H groups in total. The zero-order valence-corrected chi connectivity index (χ0v) is 15.1. The number of hydrogen-bond donors (Lipinski definition) is 1. The molecule has 7 heteroatoms. The van der Waals surface area contributed by atoms with Crippen molar-refractivity contribution in [2.45, 2.75) is 33.2 Å². The van der Waals surface area contributed by atoms with Crippen LogP contribution in [0.4, 0.5) is 0 Å². The number of carbonyl (C=O) groups is 1. The second-order valence-corrected chi connectivity index (χ2v) is 7.73. The van der Waals surface area contributed by atoms with E-state index in [4.69, 9.17) is 0 Å². The molecule has 6 nitrogen and oxygen atoms in total. The van der Waals surface area contributed by atoms with Gasteiger partial charge >= 0.3 is 0 Å². The normalized spacial score (nSPS) is 18.0. The van der Waals surface area contributed by atoms with Crippen LogP contribution in [0.2, 0.25) is 0 Å². The number of nitrogens with zero attached hydrogens (tertiary/aromatic N) is 3. The van der Waals surface area contributed by atoms with Gasteiger partial charge in [0.05, 0.1) is 17.6 Å². The summed E-state index contributed by atoms with van der Waals surface area (Å²) < 4.78 is 3.34. The Morgan fingerprint density at radius 1 is 1.32 bits per heavy atom. The Hall–Kier alpha value is -2.54. The van der Waals surface area contributed by atoms with Crippen molar-refractivity contribution in [2.75, 3.05) is 0 Å². The van der Waals surface area contributed by atoms with Crippen LogP contribution in [-0.4, -0.2) is 21.2 Å². The summed E-state index contributed by atoms with van der Waals surface area (Å²) in [6.07, 6.45) is 2.06. The van der Waals surface area contributed by atoms with Crippen LogP contribution in [-0.2, 0) is 4.79 Å². The maximum atomic E-state index is 12.7. The Morgan fingerprint density at radius 2 is 2.12 bits per heavy atom. The van der Waals surface area contributed by atoms with Crippen molar-refractivity contribution in [1.29, 1.82) is 0 Å². The van der Waals surface area contributed by atoms with Gasteiger partial charge in [0.15, 0.2) is 0 Å². The van der Waals surface area contributed by atoms with E-state index in [1.165, 1.54) is 11.3 Å². The molecule has 1 aliphatic heterocycles. The summed E-state index contributed by atoms with van der Waals surface area (Å²) in [6, 6.07) is 6.08. The monoisotopic (exact) mass is 354 g/mol. The molecule has 1 amide bonds. The predicted molar refractivity (Wildman–Crippen MR) is 100 cm³/mol. The maximum Gasteiger partial charge on any atom is 0.271 e. The van der Waals surface area contributed by atoms with Crippen LogP contribution in [0.5, 0.6) is 0 Å². The number of rotatable bonds is 2. The number of thiophene rings is 1. The minimum atomic E-state index is -0.0578. The second-order valence-electron chi connectivity index (χ2n) is 6.68. The number of nitrogens with one attached hydrogen (secondary N) is 1. The van der Waals surface area contributed by atoms with Crippen LogP contribution < -0.4 is 11.0 Å². The Kier molecular flexibility index (Phi) is 3.68. The minimum absolute atomic E-state index is 0.00149. The van der Waals surface area contributed by atoms with E-state index in [-0.39, 0.29) is 23.4 Å². The fourth-order valence-corrected chi connectivity index (χ4v) is 4.31. The number of fused-ring (bicyclic) bond motifs is 3. The molecule has 0 bridgehead atoms. The van der Waals surface area contributed by atoms with E-state index in [9.17, 15) is 9.59 Å². The molecule has 0 spiro atoms. The molecule has 0 saturated carbocycles. The number of hydrazone groups is 1. The molecule has 4 rings (SSSR count). The third-order valence-corrected chi connectivity index (χ3v) is 5.65. The molecule has 25 heavy (non-hydrogen) atoms. The summed E-state index contributed by atoms with van der Waals surface area (Å²) >= 11 is 1.46. The lowest BCUT2D eigenvalue weighted by Gasteiger charge is -2.19. The molecule has 128 valence electrons. The summed E-state index contributed by atoms with van der Waals surface area (Å²) in [5.74, 6) is 0.00879. The third-order valence-electron chi connectivity index (χ3n) is 4.52. The Balaban J connectivity index is 1.89. The SMILES string of the molecule is CC1CC(=O)NN=C1c1ccc2c(c1)sc1c(=O)n(C(C)C)cnc12. The van der Waals surface area contributed by atoms with Crippen molar-refractivity contribution < 1.29 is 4.79 Å². The first-order valence-electron chi connectivity index (χ1n) is 8.26. The van der Waals surface area contributed by atoms with E-state index in [2.05, 4.69) is 15.5 Å². The largest absolute Gasteiger partial charge is 0.295 e. The molecule has 0 saturated heterocycles. The summed E-state index contributed by atoms with van der Waals surface area (Å²) in [5, 5.41) is 5.19. The molecule has 3 aromatic rings. The van der Waals surface area contributed by atoms with Gasteiger partial charge in [-0.3, -0.25) is 14.2 Å². The molecular weight excluding hydrogens is 336 g/mol. The number of hydrogen-bond acceptors (Lipinski definition) is 5. The van der Waals surface area contributed by atoms with Gasteiger partial charge < -0.3 is 0 Å². The molecule has 1 atom stereocenters. The number of carbonyl (C=O) groups excluding carboxylic acids is 1. The van der Waals surface area contributed by atoms with Gasteiger partial charge in [-0.05, 0) is 25.5 Å². The van der Waals surface area contributed by atoms with Crippen LogP contribution in [0.1, 0.15) is 38.8 Å². The van der Waals surface area contributed by atoms with Crippen molar-refractivity contribution in [3.8, 4) is 0 Å². The van der Waals surface area contributed by atoms with E-state index < -0.39 is 0 Å². The molecular formula is C18H18N4O2S. The van der Waals surface area contributed by atoms with Crippen molar-refractivity contribution in [3.63, 3.8) is 0 Å². The number of amides is 1. The first-order chi connectivity index (χ1) is 12.0. The van der Waals surface area contributed by atoms with Gasteiger partial charge in [-0.25, -0.2) is 10.4 Å². The molecule has 0 fully saturated rings. The molecule has 0 aliphatic carbocycles. The van der Waals surface area contributed by atoms with Gasteiger partial charge in [-0.2, -0.15) is 5.10 Å². The lowest BCUT2D eigenvalue weighted by molar-refractivity contribution is -0.121. The minimum Gasteiger partial charge on any atom is -0.295 e. The highest BCUT2D eigenvalue weighted by molar-refractivity contribution is 7.25. The zero-order valence-electron chi connectivity index (χ0n) is 14.2. The summed E-state index contributed by atoms with van der Waals surface area (Å²) in [4.78, 5) is 28.6. The first kappa shape index (κ1) is 16.0. The lowest BCUT2D eigenvalue weighted by atomic mass is 9.94. The van der Waals surface area contributed by atoms with Gasteiger partial charge in [0, 0.05) is 28.5 Å². The van der Waals surface area contributed by atoms with Gasteiger partial charge in [-0.1, -0.05) is 19.1 Å². The highest BCUT2D eigenvalue weighted by atomic mass is 32.1. The summed E-state index contributed by atoms with van der Waals surface area (Å²) in [5.41, 5.74) is 5.14. The van der Waals surface area contributed by atoms with Crippen molar-refractivity contribution in [2.24, 2.45) is 11.0 Å². The van der Waals surface area contributed by atoms with Crippen LogP contribution >= 0.6 is 11.3 Å². The average Bonchev–Trinajstić information content (AvgIpc) is 2.93. The Bertz CT molecular complexity index is 1090. The third kappa shape index (κ3) is 2.55. The van der Waals surface area contributed by atoms with Crippen LogP contribution in [0.25, 0.3) is 20.3 Å². The van der Waals surface area contributed by atoms with Gasteiger partial charge in [0.25, 0.3) is 5.56 Å². The van der Waals surface area contributed by atoms with E-state index in [0.717, 1.165) is 26.9 Å². The molecule has 1 unspecified atom stereocenters. The van der Waals surface area contributed by atoms with Crippen LogP contribution in [0, 0.1) is 5.92 Å². The lowest BCUT2D eigenvalue weighted by Crippen LogP contribution is -2.31. The van der Waals surface area contributed by atoms with Crippen molar-refractivity contribution in [3.05, 3.63) is 40.4 Å². The topological polar surface area (TPSA) is 76.3 Å². The number of benzene rings is 1. The molecule has 1 aromatic carbocycles. The van der Waals surface area contributed by atoms with E-state index in [1.807, 2.05) is 39.0 Å². The standard InChI is InChI=1S/C18H18N4O2S/c1-9(2)22-8-19-16-12-5-4-11(7-13(12)25-17(16)18(22)24)15-10(3)6-14(23)20-21-15/h4-5,7-10H,6H2,1-3H3,(H,20,23). The highest BCUT2D eigenvalue weighted by Crippen LogP contribution is 2.32. The average molecular weight is 354 g/mol. The number of aromatic nitrogens is 2. The smallest absolute Gasteiger partial charge is 0.271 e. The highest BCUT2D eigenvalue weighted by Gasteiger charge is 2.22. The Morgan fingerprint density at radius 3 is 2.84 bits per heavy atom. The van der Waals surface area contributed by atoms with Crippen LogP contribution in [0.3, 0.4) is 0 Å². The Labute approximate surface area is 148 Å². The molecule has 2 aromatic heterocycles. The molecule has 0 radical (unpaired) electrons. The van der Waals surface area contributed by atoms with Gasteiger partial charge in [0.2, 0.25) is 5.91 Å². The van der Waals surface area contributed by atoms with E-state index in [0.29, 0.717) is 11.1 Å². The second kappa shape index (κ2) is 5.77. The van der Waals surface area contributed by atoms with E-state index >= 15 is 0 Å². The summed E-state index contributed by atoms with van der Waals surface area (Å²) in [6.45, 7) is 5.93. The molecule has 3 heterocycles. The summed E-state index contributed by atoms with van der Waals surface area (Å²) in [7, 11) is 0. The first-order valence-corrected chi connectivity index (χ1v) is 9.07. The zero-order chi connectivity index (χ0) is 17.7. The quantitative estimate of drug-likeness (QED) is 0.768. The maximum absolute atomic E-state index is 12.7. The van der Waals surface area contributed by atoms with E-state index in [1.54, 1.807) is 10.9 Å². The molecule has 1 aliphatic rings. The predicted octanol–water partition coefficient (Wildman–Crippen LogP) is 3.05.